The molecule has 0 bridgehead atoms. The molecule has 6 heteroatoms. The average Bonchev–Trinajstić information content (AvgIpc) is 2.69. The molecule has 1 amide bonds. The standard InChI is InChI=1S/C21H21N3O3/c1-16(18-10-6-3-7-11-18)22-19(25)15-24-20(26)12-13-23(21(24)27)14-17-8-4-2-5-9-17/h2-13,16H,14-15H2,1H3,(H,22,25)/t16-/m0/s1. The van der Waals surface area contributed by atoms with Gasteiger partial charge in [-0.05, 0) is 18.1 Å². The van der Waals surface area contributed by atoms with E-state index in [1.807, 2.05) is 67.6 Å². The molecule has 0 saturated heterocycles. The lowest BCUT2D eigenvalue weighted by Crippen LogP contribution is -2.43. The van der Waals surface area contributed by atoms with E-state index in [2.05, 4.69) is 5.32 Å². The van der Waals surface area contributed by atoms with Gasteiger partial charge < -0.3 is 5.32 Å². The summed E-state index contributed by atoms with van der Waals surface area (Å²) in [6.07, 6.45) is 1.46. The fraction of sp³-hybridized carbons (Fsp3) is 0.190. The zero-order chi connectivity index (χ0) is 19.2. The SMILES string of the molecule is C[C@H](NC(=O)Cn1c(=O)ccn(Cc2ccccc2)c1=O)c1ccccc1. The first kappa shape index (κ1) is 18.4. The van der Waals surface area contributed by atoms with Crippen molar-refractivity contribution >= 4 is 5.91 Å². The van der Waals surface area contributed by atoms with E-state index in [1.165, 1.54) is 16.8 Å². The second kappa shape index (κ2) is 8.31. The molecule has 2 aromatic carbocycles. The number of carbonyl (C=O) groups excluding carboxylic acids is 1. The summed E-state index contributed by atoms with van der Waals surface area (Å²) >= 11 is 0. The Bertz CT molecular complexity index is 1020. The number of benzene rings is 2. The van der Waals surface area contributed by atoms with Crippen LogP contribution in [0.4, 0.5) is 0 Å². The van der Waals surface area contributed by atoms with Crippen LogP contribution in [0.5, 0.6) is 0 Å². The number of hydrogen-bond donors (Lipinski definition) is 1. The van der Waals surface area contributed by atoms with Gasteiger partial charge >= 0.3 is 5.69 Å². The Morgan fingerprint density at radius 3 is 2.26 bits per heavy atom. The van der Waals surface area contributed by atoms with E-state index in [4.69, 9.17) is 0 Å². The number of amides is 1. The number of nitrogens with one attached hydrogen (secondary N) is 1. The topological polar surface area (TPSA) is 73.1 Å². The summed E-state index contributed by atoms with van der Waals surface area (Å²) in [5, 5.41) is 2.82. The van der Waals surface area contributed by atoms with Crippen LogP contribution in [0.3, 0.4) is 0 Å². The minimum absolute atomic E-state index is 0.218. The first-order chi connectivity index (χ1) is 13.0. The van der Waals surface area contributed by atoms with Gasteiger partial charge in [0.2, 0.25) is 5.91 Å². The molecule has 6 nitrogen and oxygen atoms in total. The fourth-order valence-electron chi connectivity index (χ4n) is 2.86. The molecule has 0 spiro atoms. The van der Waals surface area contributed by atoms with Crippen molar-refractivity contribution in [3.63, 3.8) is 0 Å². The highest BCUT2D eigenvalue weighted by Gasteiger charge is 2.13. The van der Waals surface area contributed by atoms with Gasteiger partial charge in [-0.15, -0.1) is 0 Å². The molecule has 1 atom stereocenters. The number of hydrogen-bond acceptors (Lipinski definition) is 3. The van der Waals surface area contributed by atoms with Crippen molar-refractivity contribution in [2.45, 2.75) is 26.1 Å². The summed E-state index contributed by atoms with van der Waals surface area (Å²) in [6.45, 7) is 1.88. The Morgan fingerprint density at radius 1 is 0.963 bits per heavy atom. The van der Waals surface area contributed by atoms with E-state index < -0.39 is 11.2 Å². The van der Waals surface area contributed by atoms with Crippen molar-refractivity contribution in [1.29, 1.82) is 0 Å². The third-order valence-corrected chi connectivity index (χ3v) is 4.31. The lowest BCUT2D eigenvalue weighted by Gasteiger charge is -2.15. The quantitative estimate of drug-likeness (QED) is 0.727. The summed E-state index contributed by atoms with van der Waals surface area (Å²) in [4.78, 5) is 37.1. The summed E-state index contributed by atoms with van der Waals surface area (Å²) in [5.74, 6) is -0.386. The highest BCUT2D eigenvalue weighted by atomic mass is 16.2. The monoisotopic (exact) mass is 363 g/mol. The molecule has 0 aliphatic rings. The highest BCUT2D eigenvalue weighted by molar-refractivity contribution is 5.76. The lowest BCUT2D eigenvalue weighted by atomic mass is 10.1. The average molecular weight is 363 g/mol. The summed E-state index contributed by atoms with van der Waals surface area (Å²) in [7, 11) is 0. The van der Waals surface area contributed by atoms with Gasteiger partial charge in [0.05, 0.1) is 12.6 Å². The van der Waals surface area contributed by atoms with Crippen LogP contribution >= 0.6 is 0 Å². The molecule has 0 aliphatic carbocycles. The molecule has 0 radical (unpaired) electrons. The van der Waals surface area contributed by atoms with Gasteiger partial charge in [0.25, 0.3) is 5.56 Å². The molecule has 0 aliphatic heterocycles. The van der Waals surface area contributed by atoms with Crippen LogP contribution in [0.2, 0.25) is 0 Å². The molecule has 0 unspecified atom stereocenters. The Labute approximate surface area is 156 Å². The molecule has 27 heavy (non-hydrogen) atoms. The number of rotatable bonds is 6. The van der Waals surface area contributed by atoms with Gasteiger partial charge in [-0.25, -0.2) is 4.79 Å². The summed E-state index contributed by atoms with van der Waals surface area (Å²) in [6, 6.07) is 20.0. The summed E-state index contributed by atoms with van der Waals surface area (Å²) in [5.41, 5.74) is 0.889. The molecule has 0 fully saturated rings. The van der Waals surface area contributed by atoms with Gasteiger partial charge in [0, 0.05) is 12.3 Å². The van der Waals surface area contributed by atoms with E-state index in [-0.39, 0.29) is 18.5 Å². The fourth-order valence-corrected chi connectivity index (χ4v) is 2.86. The predicted molar refractivity (Wildman–Crippen MR) is 104 cm³/mol. The van der Waals surface area contributed by atoms with Crippen molar-refractivity contribution in [3.8, 4) is 0 Å². The van der Waals surface area contributed by atoms with Crippen LogP contribution in [0.15, 0.2) is 82.5 Å². The van der Waals surface area contributed by atoms with Crippen LogP contribution in [-0.4, -0.2) is 15.0 Å². The largest absolute Gasteiger partial charge is 0.348 e. The van der Waals surface area contributed by atoms with Crippen molar-refractivity contribution in [1.82, 2.24) is 14.5 Å². The number of aromatic nitrogens is 2. The van der Waals surface area contributed by atoms with E-state index in [1.54, 1.807) is 0 Å². The minimum Gasteiger partial charge on any atom is -0.348 e. The van der Waals surface area contributed by atoms with Gasteiger partial charge in [0.1, 0.15) is 6.54 Å². The van der Waals surface area contributed by atoms with E-state index >= 15 is 0 Å². The van der Waals surface area contributed by atoms with Crippen molar-refractivity contribution in [3.05, 3.63) is 105 Å². The van der Waals surface area contributed by atoms with E-state index in [9.17, 15) is 14.4 Å². The number of nitrogens with zero attached hydrogens (tertiary/aromatic N) is 2. The van der Waals surface area contributed by atoms with Crippen LogP contribution in [0.25, 0.3) is 0 Å². The Morgan fingerprint density at radius 2 is 1.59 bits per heavy atom. The van der Waals surface area contributed by atoms with Gasteiger partial charge in [-0.2, -0.15) is 0 Å². The first-order valence-corrected chi connectivity index (χ1v) is 8.73. The zero-order valence-electron chi connectivity index (χ0n) is 15.0. The normalized spacial score (nSPS) is 11.7. The maximum Gasteiger partial charge on any atom is 0.331 e. The predicted octanol–water partition coefficient (Wildman–Crippen LogP) is 1.94. The second-order valence-electron chi connectivity index (χ2n) is 6.34. The van der Waals surface area contributed by atoms with Crippen LogP contribution < -0.4 is 16.6 Å². The Hall–Kier alpha value is -3.41. The molecule has 1 N–H and O–H groups in total. The third-order valence-electron chi connectivity index (χ3n) is 4.31. The second-order valence-corrected chi connectivity index (χ2v) is 6.34. The Kier molecular flexibility index (Phi) is 5.66. The van der Waals surface area contributed by atoms with E-state index in [0.717, 1.165) is 15.7 Å². The molecule has 0 saturated carbocycles. The maximum atomic E-state index is 12.6. The zero-order valence-corrected chi connectivity index (χ0v) is 15.0. The summed E-state index contributed by atoms with van der Waals surface area (Å²) < 4.78 is 2.38. The molecule has 3 aromatic rings. The van der Waals surface area contributed by atoms with Crippen molar-refractivity contribution < 1.29 is 4.79 Å². The maximum absolute atomic E-state index is 12.6. The van der Waals surface area contributed by atoms with Gasteiger partial charge in [0.15, 0.2) is 0 Å². The smallest absolute Gasteiger partial charge is 0.331 e. The lowest BCUT2D eigenvalue weighted by molar-refractivity contribution is -0.122. The van der Waals surface area contributed by atoms with Crippen LogP contribution in [0, 0.1) is 0 Å². The van der Waals surface area contributed by atoms with Gasteiger partial charge in [-0.1, -0.05) is 60.7 Å². The number of carbonyl (C=O) groups is 1. The van der Waals surface area contributed by atoms with E-state index in [0.29, 0.717) is 6.54 Å². The third kappa shape index (κ3) is 4.61. The minimum atomic E-state index is -0.506. The highest BCUT2D eigenvalue weighted by Crippen LogP contribution is 2.10. The molecule has 1 aromatic heterocycles. The van der Waals surface area contributed by atoms with Gasteiger partial charge in [-0.3, -0.25) is 18.7 Å². The van der Waals surface area contributed by atoms with Crippen molar-refractivity contribution in [2.75, 3.05) is 0 Å². The molecule has 138 valence electrons. The van der Waals surface area contributed by atoms with Crippen LogP contribution in [-0.2, 0) is 17.9 Å². The van der Waals surface area contributed by atoms with Crippen LogP contribution in [0.1, 0.15) is 24.1 Å². The first-order valence-electron chi connectivity index (χ1n) is 8.73. The molecular weight excluding hydrogens is 342 g/mol. The molecular formula is C21H21N3O3. The van der Waals surface area contributed by atoms with Crippen molar-refractivity contribution in [2.24, 2.45) is 0 Å². The Balaban J connectivity index is 1.76. The molecule has 3 rings (SSSR count). The molecule has 1 heterocycles.